The number of hydrogen-bond acceptors (Lipinski definition) is 8. The van der Waals surface area contributed by atoms with Crippen molar-refractivity contribution < 1.29 is 28.3 Å². The summed E-state index contributed by atoms with van der Waals surface area (Å²) in [6.45, 7) is 3.60. The van der Waals surface area contributed by atoms with Crippen LogP contribution in [-0.4, -0.2) is 40.0 Å². The lowest BCUT2D eigenvalue weighted by atomic mass is 10.1. The van der Waals surface area contributed by atoms with Crippen LogP contribution in [0.5, 0.6) is 5.75 Å². The lowest BCUT2D eigenvalue weighted by molar-refractivity contribution is 0.0276. The number of amides is 2. The highest BCUT2D eigenvalue weighted by Gasteiger charge is 2.35. The van der Waals surface area contributed by atoms with Gasteiger partial charge in [0.15, 0.2) is 6.10 Å². The Balaban J connectivity index is 1.33. The third-order valence-electron chi connectivity index (χ3n) is 6.07. The molecule has 2 heterocycles. The molecule has 0 fully saturated rings. The number of ether oxygens (including phenoxy) is 2. The van der Waals surface area contributed by atoms with E-state index in [1.165, 1.54) is 7.11 Å². The number of benzene rings is 3. The van der Waals surface area contributed by atoms with Crippen LogP contribution in [0.25, 0.3) is 11.5 Å². The van der Waals surface area contributed by atoms with Gasteiger partial charge in [0.1, 0.15) is 11.3 Å². The van der Waals surface area contributed by atoms with E-state index in [1.807, 2.05) is 31.2 Å². The van der Waals surface area contributed by atoms with E-state index in [-0.39, 0.29) is 35.6 Å². The lowest BCUT2D eigenvalue weighted by Gasteiger charge is -2.16. The molecule has 0 bridgehead atoms. The predicted molar refractivity (Wildman–Crippen MR) is 132 cm³/mol. The molecule has 9 nitrogen and oxygen atoms in total. The van der Waals surface area contributed by atoms with E-state index in [0.29, 0.717) is 22.6 Å². The molecule has 0 N–H and O–H groups in total. The van der Waals surface area contributed by atoms with Crippen molar-refractivity contribution >= 4 is 17.8 Å². The second-order valence-corrected chi connectivity index (χ2v) is 8.64. The van der Waals surface area contributed by atoms with E-state index in [9.17, 15) is 14.4 Å². The number of imide groups is 1. The minimum absolute atomic E-state index is 0.00422. The highest BCUT2D eigenvalue weighted by atomic mass is 16.6. The molecule has 186 valence electrons. The van der Waals surface area contributed by atoms with Gasteiger partial charge in [-0.1, -0.05) is 35.9 Å². The van der Waals surface area contributed by atoms with Crippen LogP contribution in [0, 0.1) is 6.92 Å². The summed E-state index contributed by atoms with van der Waals surface area (Å²) >= 11 is 0. The molecule has 1 aliphatic heterocycles. The minimum Gasteiger partial charge on any atom is -0.496 e. The maximum Gasteiger partial charge on any atom is 0.342 e. The number of carbonyl (C=O) groups excluding carboxylic acids is 3. The van der Waals surface area contributed by atoms with Gasteiger partial charge in [-0.25, -0.2) is 4.79 Å². The van der Waals surface area contributed by atoms with Crippen molar-refractivity contribution in [3.8, 4) is 17.2 Å². The Labute approximate surface area is 212 Å². The van der Waals surface area contributed by atoms with Crippen LogP contribution in [-0.2, 0) is 11.3 Å². The highest BCUT2D eigenvalue weighted by Crippen LogP contribution is 2.29. The van der Waals surface area contributed by atoms with Crippen molar-refractivity contribution in [3.05, 3.63) is 100 Å². The summed E-state index contributed by atoms with van der Waals surface area (Å²) in [5.41, 5.74) is 3.28. The van der Waals surface area contributed by atoms with Crippen molar-refractivity contribution in [1.82, 2.24) is 15.1 Å². The van der Waals surface area contributed by atoms with Gasteiger partial charge >= 0.3 is 5.97 Å². The van der Waals surface area contributed by atoms with Gasteiger partial charge in [0.2, 0.25) is 5.89 Å². The van der Waals surface area contributed by atoms with Crippen molar-refractivity contribution in [1.29, 1.82) is 0 Å². The molecule has 5 rings (SSSR count). The fourth-order valence-electron chi connectivity index (χ4n) is 4.06. The van der Waals surface area contributed by atoms with Gasteiger partial charge in [-0.05, 0) is 55.8 Å². The standard InChI is InChI=1S/C28H23N3O6/c1-16-8-11-19(12-9-16)25-30-29-24(37-25)17(2)36-28(34)22-14-18(10-13-23(22)35-3)15-31-26(32)20-6-4-5-7-21(20)27(31)33/h4-14,17H,15H2,1-3H3. The topological polar surface area (TPSA) is 112 Å². The Bertz CT molecular complexity index is 1470. The Morgan fingerprint density at radius 3 is 2.30 bits per heavy atom. The maximum atomic E-state index is 13.1. The van der Waals surface area contributed by atoms with Crippen LogP contribution in [0.15, 0.2) is 71.1 Å². The highest BCUT2D eigenvalue weighted by molar-refractivity contribution is 6.21. The molecule has 37 heavy (non-hydrogen) atoms. The zero-order valence-corrected chi connectivity index (χ0v) is 20.4. The van der Waals surface area contributed by atoms with Crippen LogP contribution < -0.4 is 4.74 Å². The number of hydrogen-bond donors (Lipinski definition) is 0. The van der Waals surface area contributed by atoms with Gasteiger partial charge in [0, 0.05) is 5.56 Å². The summed E-state index contributed by atoms with van der Waals surface area (Å²) in [6, 6.07) is 19.1. The Morgan fingerprint density at radius 1 is 0.973 bits per heavy atom. The van der Waals surface area contributed by atoms with Crippen LogP contribution in [0.3, 0.4) is 0 Å². The monoisotopic (exact) mass is 497 g/mol. The summed E-state index contributed by atoms with van der Waals surface area (Å²) in [5.74, 6) is -0.689. The normalized spacial score (nSPS) is 13.4. The van der Waals surface area contributed by atoms with E-state index in [2.05, 4.69) is 10.2 Å². The summed E-state index contributed by atoms with van der Waals surface area (Å²) in [7, 11) is 1.44. The molecule has 1 atom stereocenters. The molecule has 0 saturated heterocycles. The van der Waals surface area contributed by atoms with Gasteiger partial charge in [-0.15, -0.1) is 10.2 Å². The number of carbonyl (C=O) groups is 3. The number of nitrogens with zero attached hydrogens (tertiary/aromatic N) is 3. The Hall–Kier alpha value is -4.79. The molecular weight excluding hydrogens is 474 g/mol. The van der Waals surface area contributed by atoms with E-state index >= 15 is 0 Å². The van der Waals surface area contributed by atoms with Crippen LogP contribution in [0.1, 0.15) is 61.1 Å². The second kappa shape index (κ2) is 9.69. The zero-order chi connectivity index (χ0) is 26.1. The van der Waals surface area contributed by atoms with E-state index in [4.69, 9.17) is 13.9 Å². The van der Waals surface area contributed by atoms with Gasteiger partial charge < -0.3 is 13.9 Å². The number of methoxy groups -OCH3 is 1. The lowest BCUT2D eigenvalue weighted by Crippen LogP contribution is -2.29. The molecule has 2 amide bonds. The average Bonchev–Trinajstić information content (AvgIpc) is 3.49. The molecule has 1 aromatic heterocycles. The molecule has 0 spiro atoms. The summed E-state index contributed by atoms with van der Waals surface area (Å²) in [5, 5.41) is 8.07. The smallest absolute Gasteiger partial charge is 0.342 e. The van der Waals surface area contributed by atoms with E-state index in [1.54, 1.807) is 49.4 Å². The Morgan fingerprint density at radius 2 is 1.65 bits per heavy atom. The molecule has 9 heteroatoms. The summed E-state index contributed by atoms with van der Waals surface area (Å²) < 4.78 is 16.7. The summed E-state index contributed by atoms with van der Waals surface area (Å²) in [4.78, 5) is 39.7. The number of aromatic nitrogens is 2. The third kappa shape index (κ3) is 4.58. The summed E-state index contributed by atoms with van der Waals surface area (Å²) in [6.07, 6.45) is -0.830. The quantitative estimate of drug-likeness (QED) is 0.265. The van der Waals surface area contributed by atoms with Gasteiger partial charge in [0.25, 0.3) is 17.7 Å². The fourth-order valence-corrected chi connectivity index (χ4v) is 4.06. The zero-order valence-electron chi connectivity index (χ0n) is 20.4. The number of aryl methyl sites for hydroxylation is 1. The van der Waals surface area contributed by atoms with Crippen molar-refractivity contribution in [2.75, 3.05) is 7.11 Å². The SMILES string of the molecule is COc1ccc(CN2C(=O)c3ccccc3C2=O)cc1C(=O)OC(C)c1nnc(-c2ccc(C)cc2)o1. The molecule has 0 radical (unpaired) electrons. The molecule has 3 aromatic carbocycles. The first-order chi connectivity index (χ1) is 17.9. The minimum atomic E-state index is -0.830. The Kier molecular flexibility index (Phi) is 6.27. The molecule has 0 saturated carbocycles. The van der Waals surface area contributed by atoms with E-state index < -0.39 is 12.1 Å². The first-order valence-electron chi connectivity index (χ1n) is 11.6. The molecule has 1 aliphatic rings. The van der Waals surface area contributed by atoms with Crippen LogP contribution in [0.4, 0.5) is 0 Å². The number of esters is 1. The van der Waals surface area contributed by atoms with Crippen molar-refractivity contribution in [2.45, 2.75) is 26.5 Å². The average molecular weight is 498 g/mol. The second-order valence-electron chi connectivity index (χ2n) is 8.64. The third-order valence-corrected chi connectivity index (χ3v) is 6.07. The first kappa shape index (κ1) is 23.9. The number of rotatable bonds is 7. The fraction of sp³-hybridized carbons (Fsp3) is 0.179. The van der Waals surface area contributed by atoms with Crippen LogP contribution >= 0.6 is 0 Å². The van der Waals surface area contributed by atoms with E-state index in [0.717, 1.165) is 16.0 Å². The number of fused-ring (bicyclic) bond motifs is 1. The van der Waals surface area contributed by atoms with Gasteiger partial charge in [-0.2, -0.15) is 0 Å². The van der Waals surface area contributed by atoms with Crippen LogP contribution in [0.2, 0.25) is 0 Å². The molecular formula is C28H23N3O6. The van der Waals surface area contributed by atoms with Gasteiger partial charge in [-0.3, -0.25) is 14.5 Å². The molecule has 4 aromatic rings. The largest absolute Gasteiger partial charge is 0.496 e. The van der Waals surface area contributed by atoms with Gasteiger partial charge in [0.05, 0.1) is 24.8 Å². The molecule has 0 aliphatic carbocycles. The maximum absolute atomic E-state index is 13.1. The van der Waals surface area contributed by atoms with Crippen molar-refractivity contribution in [2.24, 2.45) is 0 Å². The predicted octanol–water partition coefficient (Wildman–Crippen LogP) is 4.77. The van der Waals surface area contributed by atoms with Crippen molar-refractivity contribution in [3.63, 3.8) is 0 Å². The molecule has 1 unspecified atom stereocenters. The first-order valence-corrected chi connectivity index (χ1v) is 11.6.